The van der Waals surface area contributed by atoms with Gasteiger partial charge in [0, 0.05) is 17.7 Å². The van der Waals surface area contributed by atoms with Crippen molar-refractivity contribution in [3.63, 3.8) is 0 Å². The summed E-state index contributed by atoms with van der Waals surface area (Å²) in [4.78, 5) is 4.14. The largest absolute Gasteiger partial charge is 0.395 e. The number of hydrogen-bond acceptors (Lipinski definition) is 6. The quantitative estimate of drug-likeness (QED) is 0.581. The summed E-state index contributed by atoms with van der Waals surface area (Å²) >= 11 is 1.34. The average Bonchev–Trinajstić information content (AvgIpc) is 2.94. The van der Waals surface area contributed by atoms with Crippen LogP contribution in [0.2, 0.25) is 0 Å². The third-order valence-corrected chi connectivity index (χ3v) is 5.18. The molecule has 0 aliphatic rings. The van der Waals surface area contributed by atoms with Gasteiger partial charge < -0.3 is 9.05 Å². The van der Waals surface area contributed by atoms with Crippen LogP contribution in [0.4, 0.5) is 0 Å². The molecule has 2 aromatic heterocycles. The highest BCUT2D eigenvalue weighted by atomic mass is 32.1. The Bertz CT molecular complexity index is 564. The molecule has 108 valence electrons. The van der Waals surface area contributed by atoms with Crippen LogP contribution in [0, 0.1) is 0 Å². The number of nitrogens with zero attached hydrogens (tertiary/aromatic N) is 3. The van der Waals surface area contributed by atoms with Gasteiger partial charge >= 0.3 is 7.60 Å². The zero-order valence-electron chi connectivity index (χ0n) is 11.4. The lowest BCUT2D eigenvalue weighted by atomic mass is 10.3. The van der Waals surface area contributed by atoms with E-state index >= 15 is 0 Å². The van der Waals surface area contributed by atoms with E-state index in [0.29, 0.717) is 13.2 Å². The van der Waals surface area contributed by atoms with Crippen LogP contribution < -0.4 is 4.57 Å². The van der Waals surface area contributed by atoms with Crippen molar-refractivity contribution in [2.24, 2.45) is 0 Å². The minimum Gasteiger partial charge on any atom is -0.304 e. The highest BCUT2D eigenvalue weighted by Crippen LogP contribution is 2.47. The Kier molecular flexibility index (Phi) is 5.37. The Morgan fingerprint density at radius 2 is 1.90 bits per heavy atom. The summed E-state index contributed by atoms with van der Waals surface area (Å²) in [5, 5.41) is 0.856. The molecule has 0 aliphatic carbocycles. The Morgan fingerprint density at radius 1 is 1.25 bits per heavy atom. The highest BCUT2D eigenvalue weighted by Gasteiger charge is 2.29. The smallest absolute Gasteiger partial charge is 0.304 e. The highest BCUT2D eigenvalue weighted by molar-refractivity contribution is 7.52. The molecule has 0 aromatic carbocycles. The fourth-order valence-corrected chi connectivity index (χ4v) is 3.85. The van der Waals surface area contributed by atoms with Gasteiger partial charge in [-0.2, -0.15) is 8.94 Å². The summed E-state index contributed by atoms with van der Waals surface area (Å²) in [5.41, 5.74) is 0.978. The SMILES string of the molecule is CCOP(=O)(C[n+]1ccc(-c2ncns2)cc1)OCC. The normalized spacial score (nSPS) is 11.7. The average molecular weight is 314 g/mol. The lowest BCUT2D eigenvalue weighted by Gasteiger charge is -2.13. The maximum absolute atomic E-state index is 12.4. The van der Waals surface area contributed by atoms with E-state index in [1.165, 1.54) is 17.9 Å². The molecule has 0 spiro atoms. The molecule has 0 saturated heterocycles. The van der Waals surface area contributed by atoms with Crippen molar-refractivity contribution in [3.05, 3.63) is 30.9 Å². The molecule has 6 nitrogen and oxygen atoms in total. The van der Waals surface area contributed by atoms with Gasteiger partial charge in [-0.3, -0.25) is 4.57 Å². The molecule has 2 aromatic rings. The summed E-state index contributed by atoms with van der Waals surface area (Å²) in [5.74, 6) is 0. The van der Waals surface area contributed by atoms with E-state index in [4.69, 9.17) is 9.05 Å². The topological polar surface area (TPSA) is 65.2 Å². The zero-order chi connectivity index (χ0) is 14.4. The molecule has 0 amide bonds. The van der Waals surface area contributed by atoms with E-state index in [0.717, 1.165) is 10.6 Å². The van der Waals surface area contributed by atoms with Crippen LogP contribution in [-0.4, -0.2) is 22.6 Å². The Balaban J connectivity index is 2.11. The van der Waals surface area contributed by atoms with Gasteiger partial charge in [-0.05, 0) is 25.4 Å². The fourth-order valence-electron chi connectivity index (χ4n) is 1.71. The molecular formula is C12H17N3O3PS+. The molecular weight excluding hydrogens is 297 g/mol. The van der Waals surface area contributed by atoms with Gasteiger partial charge in [0.1, 0.15) is 11.3 Å². The summed E-state index contributed by atoms with van der Waals surface area (Å²) in [6.07, 6.45) is 5.40. The van der Waals surface area contributed by atoms with E-state index in [1.807, 2.05) is 24.5 Å². The predicted molar refractivity (Wildman–Crippen MR) is 76.4 cm³/mol. The number of aromatic nitrogens is 3. The molecule has 8 heteroatoms. The van der Waals surface area contributed by atoms with Crippen LogP contribution in [0.1, 0.15) is 13.8 Å². The lowest BCUT2D eigenvalue weighted by molar-refractivity contribution is -0.680. The monoisotopic (exact) mass is 314 g/mol. The van der Waals surface area contributed by atoms with Crippen LogP contribution in [0.25, 0.3) is 10.6 Å². The first-order valence-electron chi connectivity index (χ1n) is 6.31. The molecule has 0 atom stereocenters. The van der Waals surface area contributed by atoms with Crippen LogP contribution in [0.15, 0.2) is 30.9 Å². The minimum absolute atomic E-state index is 0.199. The molecule has 2 heterocycles. The summed E-state index contributed by atoms with van der Waals surface area (Å²) < 4.78 is 28.7. The molecule has 0 bridgehead atoms. The molecule has 0 saturated carbocycles. The van der Waals surface area contributed by atoms with E-state index in [1.54, 1.807) is 18.4 Å². The Hall–Kier alpha value is -1.14. The predicted octanol–water partition coefficient (Wildman–Crippen LogP) is 2.72. The first-order chi connectivity index (χ1) is 9.67. The van der Waals surface area contributed by atoms with Crippen LogP contribution >= 0.6 is 19.1 Å². The fraction of sp³-hybridized carbons (Fsp3) is 0.417. The second-order valence-corrected chi connectivity index (χ2v) is 6.74. The van der Waals surface area contributed by atoms with Crippen molar-refractivity contribution in [2.45, 2.75) is 20.1 Å². The van der Waals surface area contributed by atoms with Crippen molar-refractivity contribution >= 4 is 19.1 Å². The molecule has 20 heavy (non-hydrogen) atoms. The van der Waals surface area contributed by atoms with Gasteiger partial charge in [-0.25, -0.2) is 4.98 Å². The molecule has 0 fully saturated rings. The van der Waals surface area contributed by atoms with Crippen molar-refractivity contribution < 1.29 is 18.2 Å². The van der Waals surface area contributed by atoms with Gasteiger partial charge in [0.15, 0.2) is 12.4 Å². The number of rotatable bonds is 7. The van der Waals surface area contributed by atoms with Crippen molar-refractivity contribution in [2.75, 3.05) is 13.2 Å². The first-order valence-corrected chi connectivity index (χ1v) is 8.81. The van der Waals surface area contributed by atoms with Gasteiger partial charge in [0.05, 0.1) is 13.2 Å². The standard InChI is InChI=1S/C12H17N3O3PS/c1-3-17-19(16,18-4-2)10-15-7-5-11(6-8-15)12-13-9-14-20-12/h5-9H,3-4,10H2,1-2H3/q+1. The lowest BCUT2D eigenvalue weighted by Crippen LogP contribution is -2.33. The molecule has 0 radical (unpaired) electrons. The summed E-state index contributed by atoms with van der Waals surface area (Å²) in [7, 11) is -3.08. The van der Waals surface area contributed by atoms with Gasteiger partial charge in [0.25, 0.3) is 0 Å². The second-order valence-electron chi connectivity index (χ2n) is 3.94. The third-order valence-electron chi connectivity index (χ3n) is 2.49. The summed E-state index contributed by atoms with van der Waals surface area (Å²) in [6.45, 7) is 4.32. The minimum atomic E-state index is -3.08. The van der Waals surface area contributed by atoms with E-state index in [9.17, 15) is 4.57 Å². The molecule has 0 unspecified atom stereocenters. The van der Waals surface area contributed by atoms with E-state index in [2.05, 4.69) is 9.36 Å². The van der Waals surface area contributed by atoms with Crippen molar-refractivity contribution in [1.29, 1.82) is 0 Å². The second kappa shape index (κ2) is 7.04. The van der Waals surface area contributed by atoms with Gasteiger partial charge in [0.2, 0.25) is 6.29 Å². The first kappa shape index (κ1) is 15.3. The maximum Gasteiger partial charge on any atom is 0.395 e. The molecule has 0 aliphatic heterocycles. The number of pyridine rings is 1. The van der Waals surface area contributed by atoms with E-state index in [-0.39, 0.29) is 6.29 Å². The van der Waals surface area contributed by atoms with Crippen molar-refractivity contribution in [3.8, 4) is 10.6 Å². The zero-order valence-corrected chi connectivity index (χ0v) is 13.1. The molecule has 2 rings (SSSR count). The summed E-state index contributed by atoms with van der Waals surface area (Å²) in [6, 6.07) is 3.81. The molecule has 0 N–H and O–H groups in total. The third kappa shape index (κ3) is 3.93. The van der Waals surface area contributed by atoms with Crippen LogP contribution in [0.3, 0.4) is 0 Å². The van der Waals surface area contributed by atoms with Crippen LogP contribution in [0.5, 0.6) is 0 Å². The Morgan fingerprint density at radius 3 is 2.40 bits per heavy atom. The van der Waals surface area contributed by atoms with Gasteiger partial charge in [-0.15, -0.1) is 0 Å². The Labute approximate surface area is 122 Å². The maximum atomic E-state index is 12.4. The van der Waals surface area contributed by atoms with Gasteiger partial charge in [-0.1, -0.05) is 0 Å². The van der Waals surface area contributed by atoms with E-state index < -0.39 is 7.60 Å². The van der Waals surface area contributed by atoms with Crippen LogP contribution in [-0.2, 0) is 19.9 Å². The van der Waals surface area contributed by atoms with Crippen molar-refractivity contribution in [1.82, 2.24) is 9.36 Å². The number of hydrogen-bond donors (Lipinski definition) is 0.